The van der Waals surface area contributed by atoms with E-state index in [-0.39, 0.29) is 6.61 Å². The van der Waals surface area contributed by atoms with Gasteiger partial charge in [0.15, 0.2) is 18.2 Å². The first-order chi connectivity index (χ1) is 12.7. The Hall–Kier alpha value is -0.910. The summed E-state index contributed by atoms with van der Waals surface area (Å²) >= 11 is 0. The average molecular weight is 393 g/mol. The van der Waals surface area contributed by atoms with Crippen LogP contribution in [0.1, 0.15) is 20.3 Å². The van der Waals surface area contributed by atoms with Crippen LogP contribution in [-0.4, -0.2) is 105 Å². The minimum atomic E-state index is -1.62. The molecule has 11 nitrogen and oxygen atoms in total. The highest BCUT2D eigenvalue weighted by molar-refractivity contribution is 4.99. The predicted molar refractivity (Wildman–Crippen MR) is 85.8 cm³/mol. The molecule has 0 aliphatic carbocycles. The molecule has 0 aromatic heterocycles. The Morgan fingerprint density at radius 3 is 2.00 bits per heavy atom. The first kappa shape index (κ1) is 22.4. The molecule has 0 amide bonds. The lowest BCUT2D eigenvalue weighted by Crippen LogP contribution is -2.60. The molecule has 11 heteroatoms. The van der Waals surface area contributed by atoms with Crippen molar-refractivity contribution in [3.63, 3.8) is 0 Å². The van der Waals surface area contributed by atoms with Gasteiger partial charge in [0.2, 0.25) is 0 Å². The van der Waals surface area contributed by atoms with Crippen LogP contribution in [0.3, 0.4) is 0 Å². The molecule has 0 radical (unpaired) electrons. The monoisotopic (exact) mass is 393 g/mol. The zero-order chi connectivity index (χ0) is 20.4. The lowest BCUT2D eigenvalue weighted by Gasteiger charge is -2.42. The Labute approximate surface area is 156 Å². The van der Waals surface area contributed by atoms with Gasteiger partial charge < -0.3 is 49.6 Å². The topological polar surface area (TPSA) is 182 Å². The average Bonchev–Trinajstić information content (AvgIpc) is 2.95. The number of nitriles is 1. The third-order valence-corrected chi connectivity index (χ3v) is 4.88. The van der Waals surface area contributed by atoms with Crippen LogP contribution in [0.4, 0.5) is 0 Å². The fraction of sp³-hybridized carbons (Fsp3) is 0.938. The van der Waals surface area contributed by atoms with Crippen LogP contribution in [0.5, 0.6) is 0 Å². The predicted octanol–water partition coefficient (Wildman–Crippen LogP) is -3.04. The molecule has 10 atom stereocenters. The summed E-state index contributed by atoms with van der Waals surface area (Å²) in [6.07, 6.45) is -12.1. The quantitative estimate of drug-likeness (QED) is 0.258. The number of ether oxygens (including phenoxy) is 4. The van der Waals surface area contributed by atoms with E-state index in [1.165, 1.54) is 6.92 Å². The molecule has 0 aromatic carbocycles. The van der Waals surface area contributed by atoms with Gasteiger partial charge in [0, 0.05) is 0 Å². The Balaban J connectivity index is 2.00. The summed E-state index contributed by atoms with van der Waals surface area (Å²) in [7, 11) is 0. The van der Waals surface area contributed by atoms with Gasteiger partial charge in [-0.15, -0.1) is 0 Å². The van der Waals surface area contributed by atoms with E-state index in [2.05, 4.69) is 0 Å². The van der Waals surface area contributed by atoms with Crippen molar-refractivity contribution in [2.75, 3.05) is 13.2 Å². The van der Waals surface area contributed by atoms with E-state index in [1.54, 1.807) is 6.92 Å². The van der Waals surface area contributed by atoms with Crippen LogP contribution in [0.2, 0.25) is 0 Å². The molecule has 0 spiro atoms. The maximum absolute atomic E-state index is 10.1. The maximum atomic E-state index is 10.1. The molecular formula is C16H27NO10. The molecule has 0 aromatic rings. The van der Waals surface area contributed by atoms with Crippen molar-refractivity contribution in [2.45, 2.75) is 81.2 Å². The number of hydrogen-bond donors (Lipinski definition) is 6. The third kappa shape index (κ3) is 4.75. The SMILES string of the molecule is CCC(C)(C#N)OC1OC(COC2OC(CO)C(O)C2O)C(O)C(O)C1O. The van der Waals surface area contributed by atoms with Crippen LogP contribution in [0, 0.1) is 11.3 Å². The van der Waals surface area contributed by atoms with Crippen LogP contribution in [0.15, 0.2) is 0 Å². The molecule has 2 aliphatic rings. The van der Waals surface area contributed by atoms with E-state index in [1.807, 2.05) is 6.07 Å². The molecule has 2 aliphatic heterocycles. The molecular weight excluding hydrogens is 366 g/mol. The van der Waals surface area contributed by atoms with Crippen molar-refractivity contribution < 1.29 is 49.6 Å². The number of rotatable bonds is 7. The van der Waals surface area contributed by atoms with Gasteiger partial charge in [0.1, 0.15) is 42.7 Å². The third-order valence-electron chi connectivity index (χ3n) is 4.88. The van der Waals surface area contributed by atoms with Gasteiger partial charge in [-0.3, -0.25) is 0 Å². The molecule has 0 saturated carbocycles. The summed E-state index contributed by atoms with van der Waals surface area (Å²) in [5.41, 5.74) is -1.28. The second-order valence-electron chi connectivity index (χ2n) is 6.87. The zero-order valence-electron chi connectivity index (χ0n) is 15.1. The Kier molecular flexibility index (Phi) is 7.51. The normalized spacial score (nSPS) is 44.6. The molecule has 0 bridgehead atoms. The van der Waals surface area contributed by atoms with Crippen LogP contribution in [0.25, 0.3) is 0 Å². The molecule has 156 valence electrons. The van der Waals surface area contributed by atoms with Crippen LogP contribution in [-0.2, 0) is 18.9 Å². The summed E-state index contributed by atoms with van der Waals surface area (Å²) in [6.45, 7) is 2.29. The molecule has 2 saturated heterocycles. The van der Waals surface area contributed by atoms with Crippen molar-refractivity contribution >= 4 is 0 Å². The summed E-state index contributed by atoms with van der Waals surface area (Å²) < 4.78 is 21.4. The van der Waals surface area contributed by atoms with Gasteiger partial charge in [-0.25, -0.2) is 0 Å². The van der Waals surface area contributed by atoms with Gasteiger partial charge in [-0.2, -0.15) is 5.26 Å². The first-order valence-corrected chi connectivity index (χ1v) is 8.70. The Morgan fingerprint density at radius 1 is 0.926 bits per heavy atom. The Morgan fingerprint density at radius 2 is 1.48 bits per heavy atom. The fourth-order valence-corrected chi connectivity index (χ4v) is 2.79. The van der Waals surface area contributed by atoms with E-state index in [9.17, 15) is 30.8 Å². The van der Waals surface area contributed by atoms with Crippen molar-refractivity contribution in [2.24, 2.45) is 0 Å². The zero-order valence-corrected chi connectivity index (χ0v) is 15.1. The van der Waals surface area contributed by atoms with Crippen molar-refractivity contribution in [1.82, 2.24) is 0 Å². The van der Waals surface area contributed by atoms with Crippen molar-refractivity contribution in [1.29, 1.82) is 5.26 Å². The minimum Gasteiger partial charge on any atom is -0.394 e. The van der Waals surface area contributed by atoms with Gasteiger partial charge in [0.25, 0.3) is 0 Å². The van der Waals surface area contributed by atoms with E-state index >= 15 is 0 Å². The summed E-state index contributed by atoms with van der Waals surface area (Å²) in [4.78, 5) is 0. The fourth-order valence-electron chi connectivity index (χ4n) is 2.79. The smallest absolute Gasteiger partial charge is 0.188 e. The standard InChI is InChI=1S/C16H27NO10/c1-3-16(2,6-17)27-15-13(23)11(21)10(20)8(26-15)5-24-14-12(22)9(19)7(4-18)25-14/h7-15,18-23H,3-5H2,1-2H3. The largest absolute Gasteiger partial charge is 0.394 e. The van der Waals surface area contributed by atoms with E-state index < -0.39 is 67.5 Å². The molecule has 27 heavy (non-hydrogen) atoms. The second-order valence-corrected chi connectivity index (χ2v) is 6.87. The molecule has 2 rings (SSSR count). The summed E-state index contributed by atoms with van der Waals surface area (Å²) in [5, 5.41) is 68.0. The summed E-state index contributed by atoms with van der Waals surface area (Å²) in [6, 6.07) is 1.94. The minimum absolute atomic E-state index is 0.290. The van der Waals surface area contributed by atoms with Gasteiger partial charge in [-0.1, -0.05) is 6.92 Å². The van der Waals surface area contributed by atoms with Crippen molar-refractivity contribution in [3.8, 4) is 6.07 Å². The van der Waals surface area contributed by atoms with E-state index in [4.69, 9.17) is 24.1 Å². The number of aliphatic hydroxyl groups excluding tert-OH is 6. The first-order valence-electron chi connectivity index (χ1n) is 8.70. The second kappa shape index (κ2) is 9.06. The van der Waals surface area contributed by atoms with Gasteiger partial charge >= 0.3 is 0 Å². The van der Waals surface area contributed by atoms with E-state index in [0.29, 0.717) is 6.42 Å². The lowest BCUT2D eigenvalue weighted by atomic mass is 9.98. The number of nitrogens with zero attached hydrogens (tertiary/aromatic N) is 1. The molecule has 2 heterocycles. The number of hydrogen-bond acceptors (Lipinski definition) is 11. The van der Waals surface area contributed by atoms with E-state index in [0.717, 1.165) is 0 Å². The number of aliphatic hydroxyl groups is 6. The summed E-state index contributed by atoms with van der Waals surface area (Å²) in [5.74, 6) is 0. The lowest BCUT2D eigenvalue weighted by molar-refractivity contribution is -0.325. The van der Waals surface area contributed by atoms with Gasteiger partial charge in [0.05, 0.1) is 19.3 Å². The molecule has 6 N–H and O–H groups in total. The highest BCUT2D eigenvalue weighted by Crippen LogP contribution is 2.28. The maximum Gasteiger partial charge on any atom is 0.188 e. The van der Waals surface area contributed by atoms with Crippen LogP contribution < -0.4 is 0 Å². The van der Waals surface area contributed by atoms with Crippen molar-refractivity contribution in [3.05, 3.63) is 0 Å². The van der Waals surface area contributed by atoms with Crippen LogP contribution >= 0.6 is 0 Å². The molecule has 2 fully saturated rings. The molecule has 10 unspecified atom stereocenters. The highest BCUT2D eigenvalue weighted by atomic mass is 16.7. The Bertz CT molecular complexity index is 530. The highest BCUT2D eigenvalue weighted by Gasteiger charge is 2.48. The van der Waals surface area contributed by atoms with Gasteiger partial charge in [-0.05, 0) is 13.3 Å².